The molecule has 0 unspecified atom stereocenters. The first-order chi connectivity index (χ1) is 8.25. The minimum absolute atomic E-state index is 0.215. The SMILES string of the molecule is O=C1C=CC(=O)N1CCOCCOC/C=N/O. The molecule has 0 bridgehead atoms. The maximum absolute atomic E-state index is 11.1. The molecule has 0 fully saturated rings. The summed E-state index contributed by atoms with van der Waals surface area (Å²) in [5.41, 5.74) is 0. The van der Waals surface area contributed by atoms with Gasteiger partial charge in [0.2, 0.25) is 0 Å². The van der Waals surface area contributed by atoms with Gasteiger partial charge in [0.15, 0.2) is 0 Å². The smallest absolute Gasteiger partial charge is 0.253 e. The van der Waals surface area contributed by atoms with Crippen molar-refractivity contribution in [1.82, 2.24) is 4.90 Å². The quantitative estimate of drug-likeness (QED) is 0.202. The van der Waals surface area contributed by atoms with Gasteiger partial charge in [-0.2, -0.15) is 0 Å². The molecular weight excluding hydrogens is 228 g/mol. The van der Waals surface area contributed by atoms with Gasteiger partial charge in [-0.3, -0.25) is 14.5 Å². The van der Waals surface area contributed by atoms with E-state index in [-0.39, 0.29) is 31.6 Å². The van der Waals surface area contributed by atoms with E-state index >= 15 is 0 Å². The van der Waals surface area contributed by atoms with Crippen molar-refractivity contribution in [3.63, 3.8) is 0 Å². The van der Waals surface area contributed by atoms with Crippen LogP contribution in [-0.2, 0) is 19.1 Å². The molecule has 0 aromatic carbocycles. The highest BCUT2D eigenvalue weighted by Crippen LogP contribution is 2.02. The van der Waals surface area contributed by atoms with Crippen molar-refractivity contribution in [2.24, 2.45) is 5.16 Å². The van der Waals surface area contributed by atoms with Gasteiger partial charge < -0.3 is 14.7 Å². The Labute approximate surface area is 98.3 Å². The molecule has 0 aliphatic carbocycles. The lowest BCUT2D eigenvalue weighted by molar-refractivity contribution is -0.137. The van der Waals surface area contributed by atoms with Gasteiger partial charge in [-0.05, 0) is 0 Å². The molecule has 7 nitrogen and oxygen atoms in total. The Kier molecular flexibility index (Phi) is 5.91. The van der Waals surface area contributed by atoms with E-state index in [0.29, 0.717) is 13.2 Å². The normalized spacial score (nSPS) is 15.4. The first kappa shape index (κ1) is 13.3. The highest BCUT2D eigenvalue weighted by Gasteiger charge is 2.22. The van der Waals surface area contributed by atoms with E-state index < -0.39 is 0 Å². The third-order valence-corrected chi connectivity index (χ3v) is 2.01. The summed E-state index contributed by atoms with van der Waals surface area (Å²) in [4.78, 5) is 23.4. The Morgan fingerprint density at radius 1 is 1.18 bits per heavy atom. The third-order valence-electron chi connectivity index (χ3n) is 2.01. The molecule has 2 amide bonds. The van der Waals surface area contributed by atoms with E-state index in [0.717, 1.165) is 4.90 Å². The number of ether oxygens (including phenoxy) is 2. The van der Waals surface area contributed by atoms with Crippen molar-refractivity contribution in [2.45, 2.75) is 0 Å². The minimum atomic E-state index is -0.311. The number of nitrogens with zero attached hydrogens (tertiary/aromatic N) is 2. The van der Waals surface area contributed by atoms with Crippen molar-refractivity contribution in [2.75, 3.05) is 33.0 Å². The summed E-state index contributed by atoms with van der Waals surface area (Å²) in [6, 6.07) is 0. The van der Waals surface area contributed by atoms with Crippen LogP contribution in [0, 0.1) is 0 Å². The number of carbonyl (C=O) groups excluding carboxylic acids is 2. The average molecular weight is 242 g/mol. The molecule has 0 atom stereocenters. The fourth-order valence-electron chi connectivity index (χ4n) is 1.20. The molecule has 17 heavy (non-hydrogen) atoms. The molecule has 0 aromatic rings. The van der Waals surface area contributed by atoms with Gasteiger partial charge in [0.25, 0.3) is 11.8 Å². The Balaban J connectivity index is 1.98. The lowest BCUT2D eigenvalue weighted by atomic mass is 10.5. The molecule has 1 N–H and O–H groups in total. The highest BCUT2D eigenvalue weighted by atomic mass is 16.5. The van der Waals surface area contributed by atoms with Crippen LogP contribution in [-0.4, -0.2) is 61.1 Å². The standard InChI is InChI=1S/C10H14N2O5/c13-9-1-2-10(14)12(9)4-6-17-8-7-16-5-3-11-15/h1-3,15H,4-8H2/b11-3+. The lowest BCUT2D eigenvalue weighted by Gasteiger charge is -2.13. The number of oxime groups is 1. The number of carbonyl (C=O) groups is 2. The molecule has 0 aromatic heterocycles. The zero-order valence-electron chi connectivity index (χ0n) is 9.24. The summed E-state index contributed by atoms with van der Waals surface area (Å²) in [5, 5.41) is 10.8. The lowest BCUT2D eigenvalue weighted by Crippen LogP contribution is -2.33. The number of rotatable bonds is 8. The van der Waals surface area contributed by atoms with Crippen LogP contribution in [0.5, 0.6) is 0 Å². The largest absolute Gasteiger partial charge is 0.411 e. The fourth-order valence-corrected chi connectivity index (χ4v) is 1.20. The first-order valence-corrected chi connectivity index (χ1v) is 5.10. The van der Waals surface area contributed by atoms with Crippen LogP contribution in [0.3, 0.4) is 0 Å². The molecule has 0 radical (unpaired) electrons. The predicted octanol–water partition coefficient (Wildman–Crippen LogP) is -0.595. The Morgan fingerprint density at radius 3 is 2.47 bits per heavy atom. The summed E-state index contributed by atoms with van der Waals surface area (Å²) in [7, 11) is 0. The molecule has 1 aliphatic heterocycles. The first-order valence-electron chi connectivity index (χ1n) is 5.10. The maximum atomic E-state index is 11.1. The van der Waals surface area contributed by atoms with Gasteiger partial charge in [0.1, 0.15) is 0 Å². The summed E-state index contributed by atoms with van der Waals surface area (Å²) < 4.78 is 10.2. The minimum Gasteiger partial charge on any atom is -0.411 e. The molecule has 1 aliphatic rings. The highest BCUT2D eigenvalue weighted by molar-refractivity contribution is 6.12. The van der Waals surface area contributed by atoms with E-state index in [1.165, 1.54) is 18.4 Å². The van der Waals surface area contributed by atoms with Crippen molar-refractivity contribution in [3.8, 4) is 0 Å². The zero-order chi connectivity index (χ0) is 12.5. The average Bonchev–Trinajstić information content (AvgIpc) is 2.63. The molecule has 94 valence electrons. The van der Waals surface area contributed by atoms with E-state index in [1.807, 2.05) is 0 Å². The van der Waals surface area contributed by atoms with Gasteiger partial charge in [0.05, 0.1) is 39.2 Å². The zero-order valence-corrected chi connectivity index (χ0v) is 9.24. The maximum Gasteiger partial charge on any atom is 0.253 e. The molecule has 1 heterocycles. The second-order valence-electron chi connectivity index (χ2n) is 3.15. The van der Waals surface area contributed by atoms with E-state index in [9.17, 15) is 9.59 Å². The van der Waals surface area contributed by atoms with E-state index in [2.05, 4.69) is 5.16 Å². The number of hydrogen-bond donors (Lipinski definition) is 1. The summed E-state index contributed by atoms with van der Waals surface area (Å²) in [5.74, 6) is -0.622. The molecule has 1 rings (SSSR count). The predicted molar refractivity (Wildman–Crippen MR) is 57.8 cm³/mol. The molecule has 0 saturated heterocycles. The number of amides is 2. The van der Waals surface area contributed by atoms with Crippen molar-refractivity contribution < 1.29 is 24.3 Å². The molecule has 0 saturated carbocycles. The summed E-state index contributed by atoms with van der Waals surface area (Å²) in [6.07, 6.45) is 3.69. The van der Waals surface area contributed by atoms with Crippen LogP contribution in [0.2, 0.25) is 0 Å². The number of imide groups is 1. The van der Waals surface area contributed by atoms with Crippen LogP contribution in [0.15, 0.2) is 17.3 Å². The van der Waals surface area contributed by atoms with Gasteiger partial charge in [-0.15, -0.1) is 0 Å². The Morgan fingerprint density at radius 2 is 1.82 bits per heavy atom. The van der Waals surface area contributed by atoms with Crippen LogP contribution in [0.1, 0.15) is 0 Å². The third kappa shape index (κ3) is 4.75. The number of hydrogen-bond acceptors (Lipinski definition) is 6. The van der Waals surface area contributed by atoms with Crippen LogP contribution in [0.4, 0.5) is 0 Å². The van der Waals surface area contributed by atoms with Crippen molar-refractivity contribution in [1.29, 1.82) is 0 Å². The Bertz CT molecular complexity index is 309. The van der Waals surface area contributed by atoms with Gasteiger partial charge in [-0.1, -0.05) is 5.16 Å². The van der Waals surface area contributed by atoms with Crippen LogP contribution in [0.25, 0.3) is 0 Å². The fraction of sp³-hybridized carbons (Fsp3) is 0.500. The second-order valence-corrected chi connectivity index (χ2v) is 3.15. The second kappa shape index (κ2) is 7.53. The van der Waals surface area contributed by atoms with Crippen LogP contribution >= 0.6 is 0 Å². The summed E-state index contributed by atoms with van der Waals surface area (Å²) >= 11 is 0. The van der Waals surface area contributed by atoms with Gasteiger partial charge in [-0.25, -0.2) is 0 Å². The summed E-state index contributed by atoms with van der Waals surface area (Å²) in [6.45, 7) is 1.43. The van der Waals surface area contributed by atoms with Crippen molar-refractivity contribution >= 4 is 18.0 Å². The van der Waals surface area contributed by atoms with E-state index in [4.69, 9.17) is 14.7 Å². The molecule has 7 heteroatoms. The monoisotopic (exact) mass is 242 g/mol. The van der Waals surface area contributed by atoms with Crippen LogP contribution < -0.4 is 0 Å². The molecule has 0 spiro atoms. The van der Waals surface area contributed by atoms with Gasteiger partial charge in [0, 0.05) is 12.2 Å². The Hall–Kier alpha value is -1.73. The molecular formula is C10H14N2O5. The van der Waals surface area contributed by atoms with Gasteiger partial charge >= 0.3 is 0 Å². The topological polar surface area (TPSA) is 88.4 Å². The van der Waals surface area contributed by atoms with Crippen molar-refractivity contribution in [3.05, 3.63) is 12.2 Å². The van der Waals surface area contributed by atoms with E-state index in [1.54, 1.807) is 0 Å².